The highest BCUT2D eigenvalue weighted by Crippen LogP contribution is 2.25. The normalized spacial score (nSPS) is 22.6. The smallest absolute Gasteiger partial charge is 0.0538 e. The summed E-state index contributed by atoms with van der Waals surface area (Å²) in [5.41, 5.74) is 7.30. The molecular weight excluding hydrogens is 250 g/mol. The van der Waals surface area contributed by atoms with Crippen molar-refractivity contribution in [3.8, 4) is 0 Å². The van der Waals surface area contributed by atoms with Gasteiger partial charge in [-0.3, -0.25) is 9.58 Å². The van der Waals surface area contributed by atoms with Gasteiger partial charge in [-0.05, 0) is 47.3 Å². The van der Waals surface area contributed by atoms with Crippen molar-refractivity contribution in [2.75, 3.05) is 33.7 Å². The second-order valence-electron chi connectivity index (χ2n) is 6.35. The SMILES string of the molecule is CC(C)n1cc(C(CN)N2CCCC(N(C)C)C2)cn1. The van der Waals surface area contributed by atoms with Gasteiger partial charge in [-0.1, -0.05) is 0 Å². The summed E-state index contributed by atoms with van der Waals surface area (Å²) in [4.78, 5) is 4.85. The Labute approximate surface area is 122 Å². The molecule has 5 heteroatoms. The van der Waals surface area contributed by atoms with Crippen LogP contribution in [0.1, 0.15) is 44.3 Å². The summed E-state index contributed by atoms with van der Waals surface area (Å²) in [6.45, 7) is 7.19. The quantitative estimate of drug-likeness (QED) is 0.887. The van der Waals surface area contributed by atoms with E-state index >= 15 is 0 Å². The van der Waals surface area contributed by atoms with Crippen LogP contribution in [-0.2, 0) is 0 Å². The van der Waals surface area contributed by atoms with Crippen LogP contribution < -0.4 is 5.73 Å². The first-order valence-electron chi connectivity index (χ1n) is 7.67. The van der Waals surface area contributed by atoms with Gasteiger partial charge in [0.1, 0.15) is 0 Å². The maximum absolute atomic E-state index is 6.05. The average molecular weight is 279 g/mol. The van der Waals surface area contributed by atoms with Crippen LogP contribution in [0.4, 0.5) is 0 Å². The summed E-state index contributed by atoms with van der Waals surface area (Å²) >= 11 is 0. The first-order chi connectivity index (χ1) is 9.52. The van der Waals surface area contributed by atoms with E-state index in [1.807, 2.05) is 10.9 Å². The molecule has 1 aliphatic heterocycles. The number of likely N-dealkylation sites (tertiary alicyclic amines) is 1. The zero-order chi connectivity index (χ0) is 14.7. The van der Waals surface area contributed by atoms with Gasteiger partial charge in [0.25, 0.3) is 0 Å². The third-order valence-corrected chi connectivity index (χ3v) is 4.36. The first kappa shape index (κ1) is 15.5. The summed E-state index contributed by atoms with van der Waals surface area (Å²) in [6.07, 6.45) is 6.67. The molecule has 2 unspecified atom stereocenters. The maximum Gasteiger partial charge on any atom is 0.0538 e. The Kier molecular flexibility index (Phi) is 5.18. The van der Waals surface area contributed by atoms with Crippen LogP contribution in [0.2, 0.25) is 0 Å². The first-order valence-corrected chi connectivity index (χ1v) is 7.67. The van der Waals surface area contributed by atoms with E-state index in [4.69, 9.17) is 5.73 Å². The Morgan fingerprint density at radius 3 is 2.75 bits per heavy atom. The Morgan fingerprint density at radius 1 is 1.45 bits per heavy atom. The van der Waals surface area contributed by atoms with E-state index in [-0.39, 0.29) is 0 Å². The van der Waals surface area contributed by atoms with Crippen molar-refractivity contribution in [3.63, 3.8) is 0 Å². The molecule has 1 saturated heterocycles. The second-order valence-corrected chi connectivity index (χ2v) is 6.35. The molecule has 1 aromatic heterocycles. The standard InChI is InChI=1S/C15H29N5/c1-12(2)20-10-13(9-17-20)15(8-16)19-7-5-6-14(11-19)18(3)4/h9-10,12,14-15H,5-8,11,16H2,1-4H3. The van der Waals surface area contributed by atoms with E-state index in [0.29, 0.717) is 24.7 Å². The van der Waals surface area contributed by atoms with Crippen molar-refractivity contribution in [1.29, 1.82) is 0 Å². The van der Waals surface area contributed by atoms with Crippen molar-refractivity contribution in [1.82, 2.24) is 19.6 Å². The average Bonchev–Trinajstić information content (AvgIpc) is 2.90. The van der Waals surface area contributed by atoms with E-state index in [1.165, 1.54) is 18.4 Å². The second kappa shape index (κ2) is 6.70. The zero-order valence-electron chi connectivity index (χ0n) is 13.3. The van der Waals surface area contributed by atoms with E-state index in [1.54, 1.807) is 0 Å². The summed E-state index contributed by atoms with van der Waals surface area (Å²) in [7, 11) is 4.34. The minimum atomic E-state index is 0.297. The lowest BCUT2D eigenvalue weighted by atomic mass is 10.0. The fraction of sp³-hybridized carbons (Fsp3) is 0.800. The monoisotopic (exact) mass is 279 g/mol. The third-order valence-electron chi connectivity index (χ3n) is 4.36. The Bertz CT molecular complexity index is 412. The molecule has 20 heavy (non-hydrogen) atoms. The number of likely N-dealkylation sites (N-methyl/N-ethyl adjacent to an activating group) is 1. The molecule has 0 radical (unpaired) electrons. The van der Waals surface area contributed by atoms with Crippen molar-refractivity contribution in [2.24, 2.45) is 5.73 Å². The number of rotatable bonds is 5. The lowest BCUT2D eigenvalue weighted by Gasteiger charge is -2.40. The fourth-order valence-electron chi connectivity index (χ4n) is 2.99. The van der Waals surface area contributed by atoms with Gasteiger partial charge >= 0.3 is 0 Å². The minimum Gasteiger partial charge on any atom is -0.329 e. The van der Waals surface area contributed by atoms with Crippen LogP contribution in [-0.4, -0.2) is 59.4 Å². The lowest BCUT2D eigenvalue weighted by Crippen LogP contribution is -2.47. The fourth-order valence-corrected chi connectivity index (χ4v) is 2.99. The molecule has 5 nitrogen and oxygen atoms in total. The molecular formula is C15H29N5. The van der Waals surface area contributed by atoms with Gasteiger partial charge in [0.2, 0.25) is 0 Å². The van der Waals surface area contributed by atoms with E-state index in [2.05, 4.69) is 49.0 Å². The van der Waals surface area contributed by atoms with Crippen LogP contribution in [0.5, 0.6) is 0 Å². The molecule has 0 spiro atoms. The Morgan fingerprint density at radius 2 is 2.20 bits per heavy atom. The number of hydrogen-bond donors (Lipinski definition) is 1. The highest BCUT2D eigenvalue weighted by atomic mass is 15.3. The minimum absolute atomic E-state index is 0.297. The predicted octanol–water partition coefficient (Wildman–Crippen LogP) is 1.49. The van der Waals surface area contributed by atoms with Gasteiger partial charge in [0.15, 0.2) is 0 Å². The van der Waals surface area contributed by atoms with Crippen LogP contribution in [0.3, 0.4) is 0 Å². The lowest BCUT2D eigenvalue weighted by molar-refractivity contribution is 0.0984. The van der Waals surface area contributed by atoms with Crippen molar-refractivity contribution in [2.45, 2.75) is 44.8 Å². The van der Waals surface area contributed by atoms with Gasteiger partial charge in [-0.25, -0.2) is 0 Å². The predicted molar refractivity (Wildman–Crippen MR) is 82.7 cm³/mol. The number of nitrogens with zero attached hydrogens (tertiary/aromatic N) is 4. The maximum atomic E-state index is 6.05. The molecule has 2 heterocycles. The molecule has 0 saturated carbocycles. The Hall–Kier alpha value is -0.910. The van der Waals surface area contributed by atoms with Crippen LogP contribution in [0, 0.1) is 0 Å². The van der Waals surface area contributed by atoms with Gasteiger partial charge < -0.3 is 10.6 Å². The molecule has 1 aromatic rings. The molecule has 2 N–H and O–H groups in total. The van der Waals surface area contributed by atoms with Crippen molar-refractivity contribution >= 4 is 0 Å². The van der Waals surface area contributed by atoms with Gasteiger partial charge in [0.05, 0.1) is 12.2 Å². The highest BCUT2D eigenvalue weighted by Gasteiger charge is 2.27. The van der Waals surface area contributed by atoms with Crippen LogP contribution >= 0.6 is 0 Å². The summed E-state index contributed by atoms with van der Waals surface area (Å²) in [5, 5.41) is 4.46. The molecule has 0 amide bonds. The van der Waals surface area contributed by atoms with Gasteiger partial charge in [-0.15, -0.1) is 0 Å². The van der Waals surface area contributed by atoms with Gasteiger partial charge in [-0.2, -0.15) is 5.10 Å². The van der Waals surface area contributed by atoms with Crippen molar-refractivity contribution in [3.05, 3.63) is 18.0 Å². The number of hydrogen-bond acceptors (Lipinski definition) is 4. The number of piperidine rings is 1. The number of nitrogens with two attached hydrogens (primary N) is 1. The van der Waals surface area contributed by atoms with E-state index in [0.717, 1.165) is 13.1 Å². The third kappa shape index (κ3) is 3.40. The summed E-state index contributed by atoms with van der Waals surface area (Å²) < 4.78 is 2.02. The molecule has 0 aromatic carbocycles. The molecule has 2 atom stereocenters. The Balaban J connectivity index is 2.10. The molecule has 1 aliphatic rings. The zero-order valence-corrected chi connectivity index (χ0v) is 13.3. The van der Waals surface area contributed by atoms with E-state index < -0.39 is 0 Å². The molecule has 2 rings (SSSR count). The molecule has 0 aliphatic carbocycles. The molecule has 1 fully saturated rings. The topological polar surface area (TPSA) is 50.3 Å². The summed E-state index contributed by atoms with van der Waals surface area (Å²) in [5.74, 6) is 0. The molecule has 114 valence electrons. The molecule has 0 bridgehead atoms. The van der Waals surface area contributed by atoms with Crippen LogP contribution in [0.25, 0.3) is 0 Å². The van der Waals surface area contributed by atoms with Crippen molar-refractivity contribution < 1.29 is 0 Å². The van der Waals surface area contributed by atoms with Crippen LogP contribution in [0.15, 0.2) is 12.4 Å². The number of aromatic nitrogens is 2. The van der Waals surface area contributed by atoms with Gasteiger partial charge in [0, 0.05) is 36.9 Å². The largest absolute Gasteiger partial charge is 0.329 e. The summed E-state index contributed by atoms with van der Waals surface area (Å²) in [6, 6.07) is 1.33. The highest BCUT2D eigenvalue weighted by molar-refractivity contribution is 5.12. The van der Waals surface area contributed by atoms with E-state index in [9.17, 15) is 0 Å².